The van der Waals surface area contributed by atoms with Gasteiger partial charge >= 0.3 is 0 Å². The minimum absolute atomic E-state index is 0.325. The Morgan fingerprint density at radius 3 is 2.50 bits per heavy atom. The molecular weight excluding hydrogens is 268 g/mol. The Balaban J connectivity index is 2.27. The summed E-state index contributed by atoms with van der Waals surface area (Å²) in [6.07, 6.45) is 5.41. The molecule has 0 radical (unpaired) electrons. The number of aliphatic hydroxyl groups is 1. The third kappa shape index (κ3) is 3.66. The summed E-state index contributed by atoms with van der Waals surface area (Å²) in [6.45, 7) is 10.2. The van der Waals surface area contributed by atoms with Gasteiger partial charge in [-0.15, -0.1) is 6.58 Å². The summed E-state index contributed by atoms with van der Waals surface area (Å²) in [7, 11) is 0. The van der Waals surface area contributed by atoms with Crippen LogP contribution in [0.5, 0.6) is 0 Å². The fourth-order valence-electron chi connectivity index (χ4n) is 2.78. The van der Waals surface area contributed by atoms with Crippen molar-refractivity contribution in [2.24, 2.45) is 5.41 Å². The molecule has 0 unspecified atom stereocenters. The summed E-state index contributed by atoms with van der Waals surface area (Å²) in [5.41, 5.74) is 1.94. The Bertz CT molecular complexity index is 679. The molecule has 2 rings (SSSR count). The van der Waals surface area contributed by atoms with Crippen molar-refractivity contribution in [1.29, 1.82) is 0 Å². The Morgan fingerprint density at radius 1 is 1.18 bits per heavy atom. The van der Waals surface area contributed by atoms with Crippen LogP contribution in [0.2, 0.25) is 0 Å². The number of hydrogen-bond donors (Lipinski definition) is 1. The second-order valence-electron chi connectivity index (χ2n) is 6.54. The fourth-order valence-corrected chi connectivity index (χ4v) is 2.78. The number of benzene rings is 2. The molecule has 0 aliphatic heterocycles. The molecule has 1 heteroatoms. The number of rotatable bonds is 6. The van der Waals surface area contributed by atoms with E-state index in [9.17, 15) is 5.11 Å². The van der Waals surface area contributed by atoms with E-state index >= 15 is 0 Å². The van der Waals surface area contributed by atoms with E-state index in [1.807, 2.05) is 24.3 Å². The van der Waals surface area contributed by atoms with Crippen molar-refractivity contribution in [3.63, 3.8) is 0 Å². The van der Waals surface area contributed by atoms with Crippen LogP contribution < -0.4 is 0 Å². The lowest BCUT2D eigenvalue weighted by Gasteiger charge is -2.32. The van der Waals surface area contributed by atoms with Crippen LogP contribution in [0.1, 0.15) is 45.3 Å². The van der Waals surface area contributed by atoms with E-state index in [1.165, 1.54) is 11.0 Å². The maximum absolute atomic E-state index is 10.9. The molecule has 0 heterocycles. The predicted octanol–water partition coefficient (Wildman–Crippen LogP) is 5.81. The maximum Gasteiger partial charge on any atom is 0.0878 e. The third-order valence-electron chi connectivity index (χ3n) is 4.42. The molecule has 22 heavy (non-hydrogen) atoms. The first-order chi connectivity index (χ1) is 10.5. The molecular formula is C21H26O. The average molecular weight is 294 g/mol. The highest BCUT2D eigenvalue weighted by atomic mass is 16.3. The zero-order valence-electron chi connectivity index (χ0n) is 13.8. The zero-order valence-corrected chi connectivity index (χ0v) is 13.8. The smallest absolute Gasteiger partial charge is 0.0878 e. The van der Waals surface area contributed by atoms with Gasteiger partial charge in [0.1, 0.15) is 0 Å². The molecule has 2 atom stereocenters. The average Bonchev–Trinajstić information content (AvgIpc) is 2.53. The van der Waals surface area contributed by atoms with E-state index in [0.717, 1.165) is 23.8 Å². The van der Waals surface area contributed by atoms with Gasteiger partial charge in [0.05, 0.1) is 6.10 Å². The van der Waals surface area contributed by atoms with Crippen molar-refractivity contribution in [1.82, 2.24) is 0 Å². The van der Waals surface area contributed by atoms with E-state index < -0.39 is 6.10 Å². The van der Waals surface area contributed by atoms with Crippen LogP contribution in [-0.2, 0) is 0 Å². The first kappa shape index (κ1) is 16.5. The van der Waals surface area contributed by atoms with Crippen LogP contribution in [0.3, 0.4) is 0 Å². The normalized spacial score (nSPS) is 15.1. The van der Waals surface area contributed by atoms with Crippen LogP contribution in [0, 0.1) is 5.41 Å². The van der Waals surface area contributed by atoms with Gasteiger partial charge in [-0.05, 0) is 49.1 Å². The van der Waals surface area contributed by atoms with Gasteiger partial charge in [-0.2, -0.15) is 0 Å². The highest BCUT2D eigenvalue weighted by molar-refractivity contribution is 5.83. The standard InChI is InChI=1S/C21H26O/c1-5-21(4,14-8-9-16(2)3)20(22)19-13-12-17-10-6-7-11-18(17)15-19/h5-7,9-13,15,20,22H,1,8,14H2,2-4H3/t20-,21-/m1/s1. The van der Waals surface area contributed by atoms with Crippen molar-refractivity contribution in [2.45, 2.75) is 39.7 Å². The van der Waals surface area contributed by atoms with E-state index in [0.29, 0.717) is 0 Å². The van der Waals surface area contributed by atoms with Crippen molar-refractivity contribution < 1.29 is 5.11 Å². The monoisotopic (exact) mass is 294 g/mol. The van der Waals surface area contributed by atoms with Crippen LogP contribution >= 0.6 is 0 Å². The van der Waals surface area contributed by atoms with Gasteiger partial charge in [0.25, 0.3) is 0 Å². The molecule has 116 valence electrons. The number of aliphatic hydroxyl groups excluding tert-OH is 1. The van der Waals surface area contributed by atoms with Crippen LogP contribution in [0.15, 0.2) is 66.8 Å². The topological polar surface area (TPSA) is 20.2 Å². The molecule has 0 amide bonds. The summed E-state index contributed by atoms with van der Waals surface area (Å²) in [5, 5.41) is 13.2. The molecule has 2 aromatic rings. The minimum atomic E-state index is -0.542. The molecule has 1 nitrogen and oxygen atoms in total. The molecule has 0 bridgehead atoms. The van der Waals surface area contributed by atoms with Crippen LogP contribution in [0.25, 0.3) is 10.8 Å². The van der Waals surface area contributed by atoms with E-state index in [2.05, 4.69) is 57.7 Å². The van der Waals surface area contributed by atoms with Gasteiger partial charge in [-0.1, -0.05) is 61.0 Å². The zero-order chi connectivity index (χ0) is 16.2. The second-order valence-corrected chi connectivity index (χ2v) is 6.54. The molecule has 0 aliphatic rings. The third-order valence-corrected chi connectivity index (χ3v) is 4.42. The van der Waals surface area contributed by atoms with E-state index in [4.69, 9.17) is 0 Å². The molecule has 0 aliphatic carbocycles. The molecule has 2 aromatic carbocycles. The summed E-state index contributed by atoms with van der Waals surface area (Å²) in [6, 6.07) is 14.4. The highest BCUT2D eigenvalue weighted by Crippen LogP contribution is 2.39. The summed E-state index contributed by atoms with van der Waals surface area (Å²) in [4.78, 5) is 0. The molecule has 0 saturated carbocycles. The van der Waals surface area contributed by atoms with Gasteiger partial charge in [0.15, 0.2) is 0 Å². The maximum atomic E-state index is 10.9. The largest absolute Gasteiger partial charge is 0.388 e. The predicted molar refractivity (Wildman–Crippen MR) is 95.9 cm³/mol. The van der Waals surface area contributed by atoms with Crippen molar-refractivity contribution in [3.8, 4) is 0 Å². The van der Waals surface area contributed by atoms with Gasteiger partial charge in [0, 0.05) is 5.41 Å². The molecule has 0 spiro atoms. The molecule has 0 saturated heterocycles. The van der Waals surface area contributed by atoms with E-state index in [1.54, 1.807) is 0 Å². The van der Waals surface area contributed by atoms with E-state index in [-0.39, 0.29) is 5.41 Å². The van der Waals surface area contributed by atoms with Crippen LogP contribution in [0.4, 0.5) is 0 Å². The summed E-state index contributed by atoms with van der Waals surface area (Å²) < 4.78 is 0. The Hall–Kier alpha value is -1.86. The van der Waals surface area contributed by atoms with Gasteiger partial charge in [-0.3, -0.25) is 0 Å². The van der Waals surface area contributed by atoms with Crippen molar-refractivity contribution in [3.05, 3.63) is 72.3 Å². The first-order valence-electron chi connectivity index (χ1n) is 7.90. The van der Waals surface area contributed by atoms with Gasteiger partial charge < -0.3 is 5.11 Å². The Morgan fingerprint density at radius 2 is 1.86 bits per heavy atom. The number of hydrogen-bond acceptors (Lipinski definition) is 1. The molecule has 0 aromatic heterocycles. The summed E-state index contributed by atoms with van der Waals surface area (Å²) >= 11 is 0. The molecule has 1 N–H and O–H groups in total. The minimum Gasteiger partial charge on any atom is -0.388 e. The van der Waals surface area contributed by atoms with Gasteiger partial charge in [-0.25, -0.2) is 0 Å². The number of allylic oxidation sites excluding steroid dienone is 2. The lowest BCUT2D eigenvalue weighted by molar-refractivity contribution is 0.0647. The first-order valence-corrected chi connectivity index (χ1v) is 7.90. The van der Waals surface area contributed by atoms with Crippen molar-refractivity contribution in [2.75, 3.05) is 0 Å². The quantitative estimate of drug-likeness (QED) is 0.666. The Kier molecular flexibility index (Phi) is 5.20. The number of fused-ring (bicyclic) bond motifs is 1. The SMILES string of the molecule is C=C[C@](C)(CCC=C(C)C)[C@H](O)c1ccc2ccccc2c1. The summed E-state index contributed by atoms with van der Waals surface area (Å²) in [5.74, 6) is 0. The second kappa shape index (κ2) is 6.93. The Labute approximate surface area is 134 Å². The lowest BCUT2D eigenvalue weighted by Crippen LogP contribution is -2.23. The highest BCUT2D eigenvalue weighted by Gasteiger charge is 2.30. The lowest BCUT2D eigenvalue weighted by atomic mass is 9.77. The molecule has 0 fully saturated rings. The fraction of sp³-hybridized carbons (Fsp3) is 0.333. The van der Waals surface area contributed by atoms with Gasteiger partial charge in [0.2, 0.25) is 0 Å². The van der Waals surface area contributed by atoms with Crippen LogP contribution in [-0.4, -0.2) is 5.11 Å². The van der Waals surface area contributed by atoms with Crippen molar-refractivity contribution >= 4 is 10.8 Å².